The number of aliphatic imine (C=N–C) groups is 1. The van der Waals surface area contributed by atoms with Crippen molar-refractivity contribution < 1.29 is 18.8 Å². The van der Waals surface area contributed by atoms with Crippen LogP contribution in [0.2, 0.25) is 10.0 Å². The molecule has 2 aromatic carbocycles. The number of imide groups is 1. The Hall–Kier alpha value is -2.88. The number of hydrogen-bond acceptors (Lipinski definition) is 5. The van der Waals surface area contributed by atoms with E-state index in [4.69, 9.17) is 23.2 Å². The van der Waals surface area contributed by atoms with Crippen LogP contribution in [0.1, 0.15) is 5.56 Å². The number of nitrogens with zero attached hydrogens (tertiary/aromatic N) is 3. The van der Waals surface area contributed by atoms with Crippen molar-refractivity contribution in [2.75, 3.05) is 23.7 Å². The van der Waals surface area contributed by atoms with Gasteiger partial charge in [0, 0.05) is 13.1 Å². The molecule has 164 valence electrons. The second-order valence-electron chi connectivity index (χ2n) is 6.76. The number of benzene rings is 2. The number of carbonyl (C=O) groups is 3. The molecule has 0 aromatic heterocycles. The van der Waals surface area contributed by atoms with Crippen molar-refractivity contribution in [1.29, 1.82) is 0 Å². The second-order valence-corrected chi connectivity index (χ2v) is 8.51. The summed E-state index contributed by atoms with van der Waals surface area (Å²) in [6.45, 7) is 0.649. The Bertz CT molecular complexity index is 1190. The van der Waals surface area contributed by atoms with Crippen LogP contribution in [0.15, 0.2) is 53.2 Å². The van der Waals surface area contributed by atoms with E-state index in [1.54, 1.807) is 24.3 Å². The molecule has 0 saturated carbocycles. The predicted molar refractivity (Wildman–Crippen MR) is 123 cm³/mol. The quantitative estimate of drug-likeness (QED) is 0.649. The van der Waals surface area contributed by atoms with Gasteiger partial charge in [-0.1, -0.05) is 53.2 Å². The third kappa shape index (κ3) is 4.50. The van der Waals surface area contributed by atoms with Crippen molar-refractivity contribution in [2.24, 2.45) is 4.99 Å². The molecule has 0 atom stereocenters. The molecule has 11 heteroatoms. The van der Waals surface area contributed by atoms with Gasteiger partial charge in [-0.25, -0.2) is 14.2 Å². The number of amidine groups is 1. The van der Waals surface area contributed by atoms with Crippen molar-refractivity contribution in [1.82, 2.24) is 10.2 Å². The Kier molecular flexibility index (Phi) is 6.50. The largest absolute Gasteiger partial charge is 0.336 e. The normalized spacial score (nSPS) is 17.2. The third-order valence-electron chi connectivity index (χ3n) is 4.65. The molecule has 0 spiro atoms. The zero-order valence-electron chi connectivity index (χ0n) is 16.3. The van der Waals surface area contributed by atoms with E-state index in [1.165, 1.54) is 24.3 Å². The predicted octanol–water partition coefficient (Wildman–Crippen LogP) is 4.16. The lowest BCUT2D eigenvalue weighted by Gasteiger charge is -2.19. The average molecular weight is 493 g/mol. The number of para-hydroxylation sites is 1. The molecule has 0 aliphatic carbocycles. The van der Waals surface area contributed by atoms with Crippen LogP contribution in [0.25, 0.3) is 6.08 Å². The van der Waals surface area contributed by atoms with Crippen molar-refractivity contribution in [2.45, 2.75) is 0 Å². The summed E-state index contributed by atoms with van der Waals surface area (Å²) in [5, 5.41) is 3.35. The zero-order chi connectivity index (χ0) is 22.8. The molecule has 0 bridgehead atoms. The van der Waals surface area contributed by atoms with Crippen LogP contribution in [0.4, 0.5) is 14.9 Å². The van der Waals surface area contributed by atoms with Crippen molar-refractivity contribution in [3.63, 3.8) is 0 Å². The molecule has 2 aliphatic rings. The van der Waals surface area contributed by atoms with E-state index in [0.29, 0.717) is 22.2 Å². The number of anilines is 1. The van der Waals surface area contributed by atoms with Gasteiger partial charge in [0.1, 0.15) is 11.5 Å². The maximum atomic E-state index is 14.5. The first kappa shape index (κ1) is 22.3. The van der Waals surface area contributed by atoms with Gasteiger partial charge < -0.3 is 5.32 Å². The van der Waals surface area contributed by atoms with Gasteiger partial charge in [0.25, 0.3) is 5.91 Å². The number of hydrogen-bond donors (Lipinski definition) is 1. The second kappa shape index (κ2) is 9.32. The van der Waals surface area contributed by atoms with Crippen LogP contribution in [0.5, 0.6) is 0 Å². The Morgan fingerprint density at radius 3 is 2.66 bits per heavy atom. The van der Waals surface area contributed by atoms with Crippen LogP contribution in [-0.2, 0) is 9.59 Å². The lowest BCUT2D eigenvalue weighted by molar-refractivity contribution is -0.124. The molecule has 32 heavy (non-hydrogen) atoms. The summed E-state index contributed by atoms with van der Waals surface area (Å²) < 4.78 is 14.5. The van der Waals surface area contributed by atoms with Gasteiger partial charge in [-0.3, -0.25) is 19.4 Å². The summed E-state index contributed by atoms with van der Waals surface area (Å²) in [6.07, 6.45) is 1.50. The Morgan fingerprint density at radius 2 is 1.97 bits per heavy atom. The minimum absolute atomic E-state index is 0.00709. The van der Waals surface area contributed by atoms with E-state index in [2.05, 4.69) is 10.3 Å². The van der Waals surface area contributed by atoms with Crippen LogP contribution in [0.3, 0.4) is 0 Å². The SMILES string of the molecule is O=C(CSC1=NC(=Cc2ccc(Cl)c(Cl)c2)C(=O)N1c1ccccc1F)N1CCNC1=O. The Labute approximate surface area is 196 Å². The molecule has 0 radical (unpaired) electrons. The number of urea groups is 1. The summed E-state index contributed by atoms with van der Waals surface area (Å²) in [7, 11) is 0. The van der Waals surface area contributed by atoms with Gasteiger partial charge in [0.2, 0.25) is 5.91 Å². The molecule has 2 aliphatic heterocycles. The van der Waals surface area contributed by atoms with Gasteiger partial charge >= 0.3 is 6.03 Å². The van der Waals surface area contributed by atoms with Crippen LogP contribution in [-0.4, -0.2) is 46.8 Å². The van der Waals surface area contributed by atoms with Gasteiger partial charge in [-0.05, 0) is 35.9 Å². The summed E-state index contributed by atoms with van der Waals surface area (Å²) >= 11 is 12.9. The first-order valence-electron chi connectivity index (χ1n) is 9.40. The van der Waals surface area contributed by atoms with Crippen LogP contribution < -0.4 is 10.2 Å². The maximum absolute atomic E-state index is 14.5. The fraction of sp³-hybridized carbons (Fsp3) is 0.143. The fourth-order valence-corrected chi connectivity index (χ4v) is 4.30. The summed E-state index contributed by atoms with van der Waals surface area (Å²) in [4.78, 5) is 43.8. The van der Waals surface area contributed by atoms with Gasteiger partial charge in [0.15, 0.2) is 5.17 Å². The van der Waals surface area contributed by atoms with E-state index in [-0.39, 0.29) is 28.8 Å². The molecular weight excluding hydrogens is 478 g/mol. The summed E-state index contributed by atoms with van der Waals surface area (Å²) in [6, 6.07) is 10.1. The van der Waals surface area contributed by atoms with Crippen molar-refractivity contribution in [3.8, 4) is 0 Å². The monoisotopic (exact) mass is 492 g/mol. The van der Waals surface area contributed by atoms with Crippen molar-refractivity contribution in [3.05, 3.63) is 69.6 Å². The molecule has 1 fully saturated rings. The minimum Gasteiger partial charge on any atom is -0.336 e. The molecule has 2 heterocycles. The maximum Gasteiger partial charge on any atom is 0.324 e. The van der Waals surface area contributed by atoms with E-state index < -0.39 is 23.7 Å². The molecule has 4 rings (SSSR count). The molecule has 1 N–H and O–H groups in total. The highest BCUT2D eigenvalue weighted by Gasteiger charge is 2.35. The highest BCUT2D eigenvalue weighted by atomic mass is 35.5. The van der Waals surface area contributed by atoms with E-state index in [9.17, 15) is 18.8 Å². The third-order valence-corrected chi connectivity index (χ3v) is 6.31. The fourth-order valence-electron chi connectivity index (χ4n) is 3.11. The Balaban J connectivity index is 1.64. The summed E-state index contributed by atoms with van der Waals surface area (Å²) in [5.41, 5.74) is 0.629. The lowest BCUT2D eigenvalue weighted by Crippen LogP contribution is -2.37. The molecule has 0 unspecified atom stereocenters. The van der Waals surface area contributed by atoms with E-state index in [0.717, 1.165) is 21.6 Å². The number of carbonyl (C=O) groups excluding carboxylic acids is 3. The van der Waals surface area contributed by atoms with Crippen molar-refractivity contribution >= 4 is 69.7 Å². The zero-order valence-corrected chi connectivity index (χ0v) is 18.7. The Morgan fingerprint density at radius 1 is 1.19 bits per heavy atom. The highest BCUT2D eigenvalue weighted by Crippen LogP contribution is 2.32. The lowest BCUT2D eigenvalue weighted by atomic mass is 10.2. The average Bonchev–Trinajstić information content (AvgIpc) is 3.33. The molecule has 1 saturated heterocycles. The first-order valence-corrected chi connectivity index (χ1v) is 11.1. The molecular formula is C21H15Cl2FN4O3S. The minimum atomic E-state index is -0.616. The smallest absolute Gasteiger partial charge is 0.324 e. The van der Waals surface area contributed by atoms with E-state index in [1.807, 2.05) is 0 Å². The molecule has 4 amide bonds. The topological polar surface area (TPSA) is 82.1 Å². The number of thioether (sulfide) groups is 1. The number of amides is 4. The summed E-state index contributed by atoms with van der Waals surface area (Å²) in [5.74, 6) is -1.76. The first-order chi connectivity index (χ1) is 15.3. The number of rotatable bonds is 4. The van der Waals surface area contributed by atoms with E-state index >= 15 is 0 Å². The standard InChI is InChI=1S/C21H15Cl2FN4O3S/c22-13-6-5-12(9-14(13)23)10-16-19(30)28(17-4-2-1-3-15(17)24)21(26-16)32-11-18(29)27-8-7-25-20(27)31/h1-6,9-10H,7-8,11H2,(H,25,31). The van der Waals surface area contributed by atoms with Gasteiger partial charge in [0.05, 0.1) is 21.5 Å². The van der Waals surface area contributed by atoms with Crippen LogP contribution >= 0.6 is 35.0 Å². The number of halogens is 3. The molecule has 7 nitrogen and oxygen atoms in total. The highest BCUT2D eigenvalue weighted by molar-refractivity contribution is 8.14. The van der Waals surface area contributed by atoms with Crippen LogP contribution in [0, 0.1) is 5.82 Å². The molecule has 2 aromatic rings. The van der Waals surface area contributed by atoms with Gasteiger partial charge in [-0.2, -0.15) is 0 Å². The number of nitrogens with one attached hydrogen (secondary N) is 1. The van der Waals surface area contributed by atoms with Gasteiger partial charge in [-0.15, -0.1) is 0 Å².